The summed E-state index contributed by atoms with van der Waals surface area (Å²) in [6, 6.07) is 57.9. The number of hydrogen-bond acceptors (Lipinski definition) is 2. The number of fused-ring (bicyclic) bond motifs is 5. The molecule has 0 aliphatic rings. The van der Waals surface area contributed by atoms with Crippen LogP contribution in [-0.4, -0.2) is 14.5 Å². The molecule has 0 amide bonds. The summed E-state index contributed by atoms with van der Waals surface area (Å²) in [7, 11) is 0. The van der Waals surface area contributed by atoms with Crippen molar-refractivity contribution in [1.82, 2.24) is 14.5 Å². The minimum atomic E-state index is 0.714. The number of nitrogens with zero attached hydrogens (tertiary/aromatic N) is 3. The summed E-state index contributed by atoms with van der Waals surface area (Å²) in [6.45, 7) is 0. The number of hydrogen-bond donors (Lipinski definition) is 0. The number of benzene rings is 7. The predicted octanol–water partition coefficient (Wildman–Crippen LogP) is 10.9. The second kappa shape index (κ2) is 10.3. The van der Waals surface area contributed by atoms with Crippen molar-refractivity contribution in [3.63, 3.8) is 0 Å². The van der Waals surface area contributed by atoms with Crippen molar-refractivity contribution in [3.05, 3.63) is 164 Å². The average molecular weight is 574 g/mol. The third-order valence-corrected chi connectivity index (χ3v) is 8.75. The largest absolute Gasteiger partial charge is 0.309 e. The summed E-state index contributed by atoms with van der Waals surface area (Å²) in [5.74, 6) is 0.714. The van der Waals surface area contributed by atoms with E-state index in [0.717, 1.165) is 39.2 Å². The molecule has 2 heterocycles. The summed E-state index contributed by atoms with van der Waals surface area (Å²) in [6.07, 6.45) is 0. The molecule has 0 unspecified atom stereocenters. The first-order chi connectivity index (χ1) is 22.3. The van der Waals surface area contributed by atoms with E-state index < -0.39 is 0 Å². The third-order valence-electron chi connectivity index (χ3n) is 8.75. The van der Waals surface area contributed by atoms with Crippen molar-refractivity contribution in [2.45, 2.75) is 0 Å². The molecule has 0 N–H and O–H groups in total. The average Bonchev–Trinajstić information content (AvgIpc) is 3.43. The van der Waals surface area contributed by atoms with Crippen LogP contribution in [0.1, 0.15) is 0 Å². The van der Waals surface area contributed by atoms with E-state index in [1.165, 1.54) is 38.0 Å². The molecule has 0 bridgehead atoms. The highest BCUT2D eigenvalue weighted by Gasteiger charge is 2.15. The molecule has 7 aromatic carbocycles. The highest BCUT2D eigenvalue weighted by Crippen LogP contribution is 2.36. The zero-order valence-electron chi connectivity index (χ0n) is 24.4. The standard InChI is InChI=1S/C42H27N3/c1-3-11-29(12-4-1)38-27-39(30-13-5-2-6-14-30)44-42(43-38)33-20-19-28-21-22-35(24-34(28)23-33)45-40-18-10-9-17-36(40)37-25-31-15-7-8-16-32(31)26-41(37)45/h1-27H. The quantitative estimate of drug-likeness (QED) is 0.210. The Morgan fingerprint density at radius 3 is 1.71 bits per heavy atom. The lowest BCUT2D eigenvalue weighted by molar-refractivity contribution is 1.18. The van der Waals surface area contributed by atoms with Crippen molar-refractivity contribution in [2.75, 3.05) is 0 Å². The van der Waals surface area contributed by atoms with Crippen molar-refractivity contribution < 1.29 is 0 Å². The van der Waals surface area contributed by atoms with Gasteiger partial charge in [0.1, 0.15) is 0 Å². The minimum Gasteiger partial charge on any atom is -0.309 e. The Morgan fingerprint density at radius 2 is 0.978 bits per heavy atom. The Morgan fingerprint density at radius 1 is 0.356 bits per heavy atom. The fraction of sp³-hybridized carbons (Fsp3) is 0. The SMILES string of the molecule is c1ccc(-c2cc(-c3ccccc3)nc(-c3ccc4ccc(-n5c6ccccc6c6cc7ccccc7cc65)cc4c3)n2)cc1. The normalized spacial score (nSPS) is 11.6. The maximum absolute atomic E-state index is 5.07. The van der Waals surface area contributed by atoms with Gasteiger partial charge >= 0.3 is 0 Å². The highest BCUT2D eigenvalue weighted by molar-refractivity contribution is 6.13. The fourth-order valence-electron chi connectivity index (χ4n) is 6.54. The van der Waals surface area contributed by atoms with Crippen LogP contribution < -0.4 is 0 Å². The Bertz CT molecular complexity index is 2470. The van der Waals surface area contributed by atoms with Gasteiger partial charge in [0.05, 0.1) is 22.4 Å². The minimum absolute atomic E-state index is 0.714. The summed E-state index contributed by atoms with van der Waals surface area (Å²) in [5, 5.41) is 7.33. The highest BCUT2D eigenvalue weighted by atomic mass is 15.0. The van der Waals surface area contributed by atoms with Gasteiger partial charge in [0.15, 0.2) is 5.82 Å². The van der Waals surface area contributed by atoms with Crippen LogP contribution in [0.3, 0.4) is 0 Å². The Hall–Kier alpha value is -6.06. The number of aromatic nitrogens is 3. The van der Waals surface area contributed by atoms with Crippen LogP contribution in [0.5, 0.6) is 0 Å². The molecular formula is C42H27N3. The molecule has 3 heteroatoms. The van der Waals surface area contributed by atoms with E-state index in [2.05, 4.69) is 132 Å². The molecular weight excluding hydrogens is 546 g/mol. The van der Waals surface area contributed by atoms with Crippen LogP contribution in [0, 0.1) is 0 Å². The second-order valence-electron chi connectivity index (χ2n) is 11.5. The topological polar surface area (TPSA) is 30.7 Å². The van der Waals surface area contributed by atoms with Crippen molar-refractivity contribution in [2.24, 2.45) is 0 Å². The van der Waals surface area contributed by atoms with E-state index in [1.807, 2.05) is 36.4 Å². The smallest absolute Gasteiger partial charge is 0.160 e. The lowest BCUT2D eigenvalue weighted by Gasteiger charge is -2.12. The van der Waals surface area contributed by atoms with Crippen LogP contribution >= 0.6 is 0 Å². The van der Waals surface area contributed by atoms with Gasteiger partial charge in [-0.3, -0.25) is 0 Å². The van der Waals surface area contributed by atoms with Crippen LogP contribution in [0.2, 0.25) is 0 Å². The first-order valence-electron chi connectivity index (χ1n) is 15.2. The molecule has 0 atom stereocenters. The van der Waals surface area contributed by atoms with Gasteiger partial charge in [-0.1, -0.05) is 121 Å². The van der Waals surface area contributed by atoms with E-state index in [0.29, 0.717) is 5.82 Å². The Labute approximate surface area is 260 Å². The van der Waals surface area contributed by atoms with Gasteiger partial charge in [-0.2, -0.15) is 0 Å². The predicted molar refractivity (Wildman–Crippen MR) is 188 cm³/mol. The van der Waals surface area contributed by atoms with Crippen LogP contribution in [0.15, 0.2) is 164 Å². The van der Waals surface area contributed by atoms with Crippen LogP contribution in [-0.2, 0) is 0 Å². The molecule has 0 fully saturated rings. The fourth-order valence-corrected chi connectivity index (χ4v) is 6.54. The van der Waals surface area contributed by atoms with Gasteiger partial charge < -0.3 is 4.57 Å². The molecule has 2 aromatic heterocycles. The molecule has 0 radical (unpaired) electrons. The number of rotatable bonds is 4. The molecule has 210 valence electrons. The summed E-state index contributed by atoms with van der Waals surface area (Å²) in [4.78, 5) is 10.1. The molecule has 9 aromatic rings. The third kappa shape index (κ3) is 4.37. The molecule has 0 aliphatic carbocycles. The van der Waals surface area contributed by atoms with Crippen LogP contribution in [0.25, 0.3) is 82.9 Å². The molecule has 0 saturated carbocycles. The van der Waals surface area contributed by atoms with Crippen molar-refractivity contribution in [3.8, 4) is 39.6 Å². The Kier molecular flexibility index (Phi) is 5.82. The first kappa shape index (κ1) is 25.4. The zero-order valence-corrected chi connectivity index (χ0v) is 24.4. The second-order valence-corrected chi connectivity index (χ2v) is 11.5. The van der Waals surface area contributed by atoms with E-state index in [-0.39, 0.29) is 0 Å². The van der Waals surface area contributed by atoms with E-state index in [4.69, 9.17) is 9.97 Å². The Balaban J connectivity index is 1.23. The van der Waals surface area contributed by atoms with E-state index in [1.54, 1.807) is 0 Å². The van der Waals surface area contributed by atoms with Crippen LogP contribution in [0.4, 0.5) is 0 Å². The van der Waals surface area contributed by atoms with E-state index >= 15 is 0 Å². The molecule has 45 heavy (non-hydrogen) atoms. The van der Waals surface area contributed by atoms with Gasteiger partial charge in [-0.15, -0.1) is 0 Å². The maximum Gasteiger partial charge on any atom is 0.160 e. The van der Waals surface area contributed by atoms with Gasteiger partial charge in [0.2, 0.25) is 0 Å². The summed E-state index contributed by atoms with van der Waals surface area (Å²) < 4.78 is 2.39. The first-order valence-corrected chi connectivity index (χ1v) is 15.2. The summed E-state index contributed by atoms with van der Waals surface area (Å²) in [5.41, 5.74) is 8.48. The number of para-hydroxylation sites is 1. The maximum atomic E-state index is 5.07. The lowest BCUT2D eigenvalue weighted by Crippen LogP contribution is -1.96. The molecule has 0 saturated heterocycles. The summed E-state index contributed by atoms with van der Waals surface area (Å²) >= 11 is 0. The van der Waals surface area contributed by atoms with Gasteiger partial charge in [-0.05, 0) is 64.0 Å². The lowest BCUT2D eigenvalue weighted by atomic mass is 10.0. The van der Waals surface area contributed by atoms with Gasteiger partial charge in [0.25, 0.3) is 0 Å². The monoisotopic (exact) mass is 573 g/mol. The van der Waals surface area contributed by atoms with Crippen molar-refractivity contribution in [1.29, 1.82) is 0 Å². The molecule has 0 aliphatic heterocycles. The van der Waals surface area contributed by atoms with E-state index in [9.17, 15) is 0 Å². The molecule has 0 spiro atoms. The molecule has 3 nitrogen and oxygen atoms in total. The molecule has 9 rings (SSSR count). The zero-order chi connectivity index (χ0) is 29.7. The van der Waals surface area contributed by atoms with Gasteiger partial charge in [-0.25, -0.2) is 9.97 Å². The van der Waals surface area contributed by atoms with Gasteiger partial charge in [0, 0.05) is 33.2 Å². The van der Waals surface area contributed by atoms with Crippen molar-refractivity contribution >= 4 is 43.4 Å².